The van der Waals surface area contributed by atoms with E-state index >= 15 is 0 Å². The Kier molecular flexibility index (Phi) is 4.13. The van der Waals surface area contributed by atoms with E-state index in [2.05, 4.69) is 15.4 Å². The first-order valence-electron chi connectivity index (χ1n) is 6.88. The molecule has 0 aliphatic heterocycles. The number of nitrogens with one attached hydrogen (secondary N) is 1. The molecule has 1 aromatic carbocycles. The van der Waals surface area contributed by atoms with Crippen molar-refractivity contribution < 1.29 is 4.79 Å². The van der Waals surface area contributed by atoms with Crippen LogP contribution in [0.25, 0.3) is 10.2 Å². The molecule has 0 spiro atoms. The molecule has 0 radical (unpaired) electrons. The fraction of sp³-hybridized carbons (Fsp3) is 0.267. The van der Waals surface area contributed by atoms with Gasteiger partial charge in [0.1, 0.15) is 5.15 Å². The number of halogens is 1. The van der Waals surface area contributed by atoms with Crippen molar-refractivity contribution in [3.05, 3.63) is 45.7 Å². The second-order valence-electron chi connectivity index (χ2n) is 4.96. The topological polar surface area (TPSA) is 59.8 Å². The summed E-state index contributed by atoms with van der Waals surface area (Å²) in [6.07, 6.45) is 0.696. The Morgan fingerprint density at radius 1 is 1.41 bits per heavy atom. The quantitative estimate of drug-likeness (QED) is 0.798. The van der Waals surface area contributed by atoms with Crippen LogP contribution in [0.3, 0.4) is 0 Å². The minimum absolute atomic E-state index is 0.197. The maximum atomic E-state index is 12.2. The minimum Gasteiger partial charge on any atom is -0.351 e. The normalized spacial score (nSPS) is 11.0. The van der Waals surface area contributed by atoms with E-state index in [1.807, 2.05) is 24.3 Å². The summed E-state index contributed by atoms with van der Waals surface area (Å²) >= 11 is 7.74. The number of benzene rings is 1. The first kappa shape index (κ1) is 15.0. The number of nitrogens with zero attached hydrogens (tertiary/aromatic N) is 3. The Labute approximate surface area is 136 Å². The van der Waals surface area contributed by atoms with Crippen LogP contribution in [-0.2, 0) is 13.5 Å². The Bertz CT molecular complexity index is 806. The maximum Gasteiger partial charge on any atom is 0.256 e. The minimum atomic E-state index is -0.197. The van der Waals surface area contributed by atoms with Crippen molar-refractivity contribution in [1.82, 2.24) is 20.1 Å². The highest BCUT2D eigenvalue weighted by molar-refractivity contribution is 7.18. The van der Waals surface area contributed by atoms with Crippen molar-refractivity contribution in [3.63, 3.8) is 0 Å². The van der Waals surface area contributed by atoms with Gasteiger partial charge in [-0.05, 0) is 19.1 Å². The van der Waals surface area contributed by atoms with Crippen molar-refractivity contribution >= 4 is 39.1 Å². The van der Waals surface area contributed by atoms with Crippen LogP contribution in [0, 0.1) is 6.92 Å². The van der Waals surface area contributed by atoms with Crippen LogP contribution in [-0.4, -0.2) is 27.2 Å². The van der Waals surface area contributed by atoms with Crippen molar-refractivity contribution in [2.45, 2.75) is 13.3 Å². The standard InChI is InChI=1S/C15H15ClN4OS/c1-9-13(14(16)20(2)19-9)15(21)17-8-7-12-18-10-5-3-4-6-11(10)22-12/h3-6H,7-8H2,1-2H3,(H,17,21). The third kappa shape index (κ3) is 2.84. The van der Waals surface area contributed by atoms with E-state index in [1.165, 1.54) is 4.68 Å². The fourth-order valence-corrected chi connectivity index (χ4v) is 3.51. The van der Waals surface area contributed by atoms with Gasteiger partial charge in [-0.3, -0.25) is 9.48 Å². The van der Waals surface area contributed by atoms with Crippen molar-refractivity contribution in [2.75, 3.05) is 6.54 Å². The van der Waals surface area contributed by atoms with Crippen LogP contribution in [0.5, 0.6) is 0 Å². The second kappa shape index (κ2) is 6.06. The van der Waals surface area contributed by atoms with Gasteiger partial charge in [0, 0.05) is 20.0 Å². The summed E-state index contributed by atoms with van der Waals surface area (Å²) in [5.41, 5.74) is 2.07. The largest absolute Gasteiger partial charge is 0.351 e. The smallest absolute Gasteiger partial charge is 0.256 e. The summed E-state index contributed by atoms with van der Waals surface area (Å²) in [6.45, 7) is 2.29. The molecule has 114 valence electrons. The monoisotopic (exact) mass is 334 g/mol. The highest BCUT2D eigenvalue weighted by Crippen LogP contribution is 2.22. The average Bonchev–Trinajstić information content (AvgIpc) is 3.00. The van der Waals surface area contributed by atoms with Crippen LogP contribution in [0.4, 0.5) is 0 Å². The van der Waals surface area contributed by atoms with E-state index in [0.29, 0.717) is 29.4 Å². The van der Waals surface area contributed by atoms with E-state index in [-0.39, 0.29) is 5.91 Å². The molecule has 2 aromatic heterocycles. The third-order valence-electron chi connectivity index (χ3n) is 3.34. The van der Waals surface area contributed by atoms with Gasteiger partial charge in [0.15, 0.2) is 0 Å². The van der Waals surface area contributed by atoms with Crippen LogP contribution >= 0.6 is 22.9 Å². The van der Waals surface area contributed by atoms with Gasteiger partial charge in [-0.2, -0.15) is 5.10 Å². The molecule has 0 aliphatic carbocycles. The summed E-state index contributed by atoms with van der Waals surface area (Å²) in [6, 6.07) is 8.01. The number of hydrogen-bond acceptors (Lipinski definition) is 4. The Morgan fingerprint density at radius 3 is 2.86 bits per heavy atom. The lowest BCUT2D eigenvalue weighted by Crippen LogP contribution is -2.26. The number of thiazole rings is 1. The van der Waals surface area contributed by atoms with Crippen molar-refractivity contribution in [2.24, 2.45) is 7.05 Å². The number of aryl methyl sites for hydroxylation is 2. The summed E-state index contributed by atoms with van der Waals surface area (Å²) < 4.78 is 2.66. The van der Waals surface area contributed by atoms with Crippen molar-refractivity contribution in [3.8, 4) is 0 Å². The Balaban J connectivity index is 1.64. The lowest BCUT2D eigenvalue weighted by molar-refractivity contribution is 0.0953. The van der Waals surface area contributed by atoms with Crippen molar-refractivity contribution in [1.29, 1.82) is 0 Å². The van der Waals surface area contributed by atoms with Gasteiger partial charge in [0.25, 0.3) is 5.91 Å². The fourth-order valence-electron chi connectivity index (χ4n) is 2.29. The number of carbonyl (C=O) groups is 1. The average molecular weight is 335 g/mol. The summed E-state index contributed by atoms with van der Waals surface area (Å²) in [5.74, 6) is -0.197. The zero-order valence-corrected chi connectivity index (χ0v) is 13.8. The Hall–Kier alpha value is -1.92. The third-order valence-corrected chi connectivity index (χ3v) is 4.87. The molecule has 7 heteroatoms. The first-order chi connectivity index (χ1) is 10.6. The van der Waals surface area contributed by atoms with Crippen LogP contribution in [0.15, 0.2) is 24.3 Å². The number of aromatic nitrogens is 3. The molecule has 0 aliphatic rings. The van der Waals surface area contributed by atoms with Crippen LogP contribution in [0.1, 0.15) is 21.1 Å². The molecule has 5 nitrogen and oxygen atoms in total. The van der Waals surface area contributed by atoms with E-state index in [1.54, 1.807) is 25.3 Å². The second-order valence-corrected chi connectivity index (χ2v) is 6.43. The maximum absolute atomic E-state index is 12.2. The molecule has 3 rings (SSSR count). The molecular formula is C15H15ClN4OS. The van der Waals surface area contributed by atoms with Gasteiger partial charge in [-0.25, -0.2) is 4.98 Å². The van der Waals surface area contributed by atoms with Crippen LogP contribution in [0.2, 0.25) is 5.15 Å². The highest BCUT2D eigenvalue weighted by atomic mass is 35.5. The summed E-state index contributed by atoms with van der Waals surface area (Å²) in [5, 5.41) is 8.38. The number of carbonyl (C=O) groups excluding carboxylic acids is 1. The molecule has 2 heterocycles. The lowest BCUT2D eigenvalue weighted by Gasteiger charge is -2.03. The van der Waals surface area contributed by atoms with Gasteiger partial charge < -0.3 is 5.32 Å². The van der Waals surface area contributed by atoms with Gasteiger partial charge in [-0.1, -0.05) is 23.7 Å². The molecular weight excluding hydrogens is 320 g/mol. The number of hydrogen-bond donors (Lipinski definition) is 1. The molecule has 0 atom stereocenters. The number of amides is 1. The van der Waals surface area contributed by atoms with Gasteiger partial charge in [0.2, 0.25) is 0 Å². The molecule has 0 saturated heterocycles. The van der Waals surface area contributed by atoms with Gasteiger partial charge in [-0.15, -0.1) is 11.3 Å². The van der Waals surface area contributed by atoms with Crippen LogP contribution < -0.4 is 5.32 Å². The Morgan fingerprint density at radius 2 is 2.18 bits per heavy atom. The zero-order valence-electron chi connectivity index (χ0n) is 12.3. The predicted molar refractivity (Wildman–Crippen MR) is 88.6 cm³/mol. The number of fused-ring (bicyclic) bond motifs is 1. The van der Waals surface area contributed by atoms with Gasteiger partial charge >= 0.3 is 0 Å². The molecule has 0 saturated carbocycles. The molecule has 0 bridgehead atoms. The molecule has 0 fully saturated rings. The highest BCUT2D eigenvalue weighted by Gasteiger charge is 2.18. The van der Waals surface area contributed by atoms with E-state index in [9.17, 15) is 4.79 Å². The molecule has 1 amide bonds. The molecule has 22 heavy (non-hydrogen) atoms. The van der Waals surface area contributed by atoms with E-state index in [4.69, 9.17) is 11.6 Å². The van der Waals surface area contributed by atoms with E-state index < -0.39 is 0 Å². The zero-order chi connectivity index (χ0) is 15.7. The molecule has 3 aromatic rings. The molecule has 0 unspecified atom stereocenters. The number of para-hydroxylation sites is 1. The number of rotatable bonds is 4. The SMILES string of the molecule is Cc1nn(C)c(Cl)c1C(=O)NCCc1nc2ccccc2s1. The summed E-state index contributed by atoms with van der Waals surface area (Å²) in [4.78, 5) is 16.7. The van der Waals surface area contributed by atoms with Gasteiger partial charge in [0.05, 0.1) is 26.5 Å². The summed E-state index contributed by atoms with van der Waals surface area (Å²) in [7, 11) is 1.72. The van der Waals surface area contributed by atoms with E-state index in [0.717, 1.165) is 15.2 Å². The first-order valence-corrected chi connectivity index (χ1v) is 8.07. The predicted octanol–water partition coefficient (Wildman–Crippen LogP) is 2.96. The molecule has 1 N–H and O–H groups in total. The lowest BCUT2D eigenvalue weighted by atomic mass is 10.2.